The number of carbonyl (C=O) groups excluding carboxylic acids is 1. The van der Waals surface area contributed by atoms with E-state index in [2.05, 4.69) is 5.32 Å². The van der Waals surface area contributed by atoms with Crippen molar-refractivity contribution in [3.63, 3.8) is 0 Å². The number of nitrogens with one attached hydrogen (secondary N) is 1. The van der Waals surface area contributed by atoms with Crippen molar-refractivity contribution >= 4 is 24.0 Å². The molecule has 2 aromatic carbocycles. The molecule has 1 aliphatic carbocycles. The molecule has 0 radical (unpaired) electrons. The molecular formula is C21H27ClN2O2. The Morgan fingerprint density at radius 1 is 1.19 bits per heavy atom. The van der Waals surface area contributed by atoms with Gasteiger partial charge in [0.25, 0.3) is 0 Å². The molecular weight excluding hydrogens is 348 g/mol. The maximum Gasteiger partial charge on any atom is 0.227 e. The Labute approximate surface area is 161 Å². The molecule has 3 N–H and O–H groups in total. The number of aryl methyl sites for hydroxylation is 1. The molecule has 0 spiro atoms. The molecule has 1 amide bonds. The first-order chi connectivity index (χ1) is 12.1. The minimum absolute atomic E-state index is 0. The Morgan fingerprint density at radius 2 is 1.96 bits per heavy atom. The van der Waals surface area contributed by atoms with Crippen LogP contribution in [0.5, 0.6) is 5.75 Å². The van der Waals surface area contributed by atoms with E-state index in [1.807, 2.05) is 55.5 Å². The number of rotatable bonds is 5. The van der Waals surface area contributed by atoms with E-state index in [1.54, 1.807) is 0 Å². The summed E-state index contributed by atoms with van der Waals surface area (Å²) in [5, 5.41) is 3.05. The number of hydrogen-bond donors (Lipinski definition) is 2. The average Bonchev–Trinajstić information content (AvgIpc) is 2.63. The normalized spacial score (nSPS) is 19.3. The van der Waals surface area contributed by atoms with Crippen molar-refractivity contribution in [2.45, 2.75) is 45.3 Å². The quantitative estimate of drug-likeness (QED) is 0.812. The lowest BCUT2D eigenvalue weighted by Gasteiger charge is -2.26. The highest BCUT2D eigenvalue weighted by atomic mass is 35.5. The number of amides is 1. The van der Waals surface area contributed by atoms with E-state index >= 15 is 0 Å². The second-order valence-electron chi connectivity index (χ2n) is 6.86. The zero-order valence-corrected chi connectivity index (χ0v) is 15.9. The van der Waals surface area contributed by atoms with Crippen LogP contribution < -0.4 is 15.8 Å². The SMILES string of the molecule is Cc1cc(OCc2ccccc2)ccc1NC(=O)C1CCCC(N)C1.Cl. The Bertz CT molecular complexity index is 721. The molecule has 2 aromatic rings. The van der Waals surface area contributed by atoms with Gasteiger partial charge in [-0.1, -0.05) is 36.8 Å². The smallest absolute Gasteiger partial charge is 0.227 e. The van der Waals surface area contributed by atoms with Gasteiger partial charge < -0.3 is 15.8 Å². The minimum Gasteiger partial charge on any atom is -0.489 e. The lowest BCUT2D eigenvalue weighted by atomic mass is 9.85. The number of halogens is 1. The van der Waals surface area contributed by atoms with E-state index in [0.717, 1.165) is 48.2 Å². The summed E-state index contributed by atoms with van der Waals surface area (Å²) in [6.45, 7) is 2.52. The van der Waals surface area contributed by atoms with Crippen LogP contribution in [0.1, 0.15) is 36.8 Å². The summed E-state index contributed by atoms with van der Waals surface area (Å²) in [6, 6.07) is 16.0. The van der Waals surface area contributed by atoms with Crippen molar-refractivity contribution in [1.82, 2.24) is 0 Å². The highest BCUT2D eigenvalue weighted by molar-refractivity contribution is 5.93. The molecule has 4 nitrogen and oxygen atoms in total. The molecule has 0 saturated heterocycles. The predicted octanol–water partition coefficient (Wildman–Crippen LogP) is 4.45. The summed E-state index contributed by atoms with van der Waals surface area (Å²) in [6.07, 6.45) is 3.76. The van der Waals surface area contributed by atoms with E-state index in [-0.39, 0.29) is 30.3 Å². The fraction of sp³-hybridized carbons (Fsp3) is 0.381. The molecule has 140 valence electrons. The fourth-order valence-electron chi connectivity index (χ4n) is 3.31. The molecule has 0 bridgehead atoms. The van der Waals surface area contributed by atoms with Gasteiger partial charge in [0.15, 0.2) is 0 Å². The molecule has 26 heavy (non-hydrogen) atoms. The van der Waals surface area contributed by atoms with E-state index < -0.39 is 0 Å². The van der Waals surface area contributed by atoms with Gasteiger partial charge in [0, 0.05) is 17.6 Å². The maximum atomic E-state index is 12.5. The number of benzene rings is 2. The Hall–Kier alpha value is -2.04. The first-order valence-corrected chi connectivity index (χ1v) is 8.95. The summed E-state index contributed by atoms with van der Waals surface area (Å²) in [4.78, 5) is 12.5. The molecule has 0 aromatic heterocycles. The Kier molecular flexibility index (Phi) is 7.49. The molecule has 0 heterocycles. The molecule has 0 aliphatic heterocycles. The van der Waals surface area contributed by atoms with Crippen molar-refractivity contribution < 1.29 is 9.53 Å². The third-order valence-electron chi connectivity index (χ3n) is 4.79. The van der Waals surface area contributed by atoms with Crippen LogP contribution in [0, 0.1) is 12.8 Å². The molecule has 2 atom stereocenters. The first kappa shape index (κ1) is 20.3. The van der Waals surface area contributed by atoms with Crippen LogP contribution in [0.4, 0.5) is 5.69 Å². The van der Waals surface area contributed by atoms with Crippen LogP contribution >= 0.6 is 12.4 Å². The zero-order valence-electron chi connectivity index (χ0n) is 15.1. The Balaban J connectivity index is 0.00000243. The van der Waals surface area contributed by atoms with Crippen molar-refractivity contribution in [2.75, 3.05) is 5.32 Å². The maximum absolute atomic E-state index is 12.5. The summed E-state index contributed by atoms with van der Waals surface area (Å²) >= 11 is 0. The topological polar surface area (TPSA) is 64.3 Å². The number of nitrogens with two attached hydrogens (primary N) is 1. The largest absolute Gasteiger partial charge is 0.489 e. The zero-order chi connectivity index (χ0) is 17.6. The van der Waals surface area contributed by atoms with Gasteiger partial charge in [-0.15, -0.1) is 12.4 Å². The molecule has 2 unspecified atom stereocenters. The number of hydrogen-bond acceptors (Lipinski definition) is 3. The molecule has 1 aliphatic rings. The average molecular weight is 375 g/mol. The molecule has 1 fully saturated rings. The minimum atomic E-state index is 0. The van der Waals surface area contributed by atoms with Crippen molar-refractivity contribution in [1.29, 1.82) is 0 Å². The fourth-order valence-corrected chi connectivity index (χ4v) is 3.31. The highest BCUT2D eigenvalue weighted by Crippen LogP contribution is 2.27. The van der Waals surface area contributed by atoms with Gasteiger partial charge in [0.05, 0.1) is 0 Å². The lowest BCUT2D eigenvalue weighted by Crippen LogP contribution is -2.34. The summed E-state index contributed by atoms with van der Waals surface area (Å²) in [5.41, 5.74) is 8.96. The molecule has 3 rings (SSSR count). The van der Waals surface area contributed by atoms with Crippen molar-refractivity contribution in [2.24, 2.45) is 11.7 Å². The monoisotopic (exact) mass is 374 g/mol. The Morgan fingerprint density at radius 3 is 2.65 bits per heavy atom. The van der Waals surface area contributed by atoms with Crippen molar-refractivity contribution in [3.05, 3.63) is 59.7 Å². The van der Waals surface area contributed by atoms with Crippen LogP contribution in [0.2, 0.25) is 0 Å². The summed E-state index contributed by atoms with van der Waals surface area (Å²) in [7, 11) is 0. The number of anilines is 1. The third-order valence-corrected chi connectivity index (χ3v) is 4.79. The van der Waals surface area contributed by atoms with Gasteiger partial charge in [0.1, 0.15) is 12.4 Å². The van der Waals surface area contributed by atoms with Crippen LogP contribution in [0.15, 0.2) is 48.5 Å². The molecule has 5 heteroatoms. The van der Waals surface area contributed by atoms with Gasteiger partial charge in [-0.05, 0) is 55.5 Å². The van der Waals surface area contributed by atoms with Gasteiger partial charge in [-0.3, -0.25) is 4.79 Å². The molecule has 1 saturated carbocycles. The highest BCUT2D eigenvalue weighted by Gasteiger charge is 2.25. The van der Waals surface area contributed by atoms with Crippen molar-refractivity contribution in [3.8, 4) is 5.75 Å². The lowest BCUT2D eigenvalue weighted by molar-refractivity contribution is -0.120. The van der Waals surface area contributed by atoms with Gasteiger partial charge in [-0.2, -0.15) is 0 Å². The number of carbonyl (C=O) groups is 1. The van der Waals surface area contributed by atoms with Crippen LogP contribution in [-0.4, -0.2) is 11.9 Å². The van der Waals surface area contributed by atoms with Crippen LogP contribution in [-0.2, 0) is 11.4 Å². The van der Waals surface area contributed by atoms with Crippen LogP contribution in [0.25, 0.3) is 0 Å². The van der Waals surface area contributed by atoms with E-state index in [1.165, 1.54) is 0 Å². The summed E-state index contributed by atoms with van der Waals surface area (Å²) < 4.78 is 5.83. The van der Waals surface area contributed by atoms with Gasteiger partial charge in [0.2, 0.25) is 5.91 Å². The van der Waals surface area contributed by atoms with Crippen LogP contribution in [0.3, 0.4) is 0 Å². The standard InChI is InChI=1S/C21H26N2O2.ClH/c1-15-12-19(25-14-16-6-3-2-4-7-16)10-11-20(15)23-21(24)17-8-5-9-18(22)13-17;/h2-4,6-7,10-12,17-18H,5,8-9,13-14,22H2,1H3,(H,23,24);1H. The second-order valence-corrected chi connectivity index (χ2v) is 6.86. The van der Waals surface area contributed by atoms with E-state index in [4.69, 9.17) is 10.5 Å². The van der Waals surface area contributed by atoms with Gasteiger partial charge in [-0.25, -0.2) is 0 Å². The van der Waals surface area contributed by atoms with E-state index in [0.29, 0.717) is 6.61 Å². The third kappa shape index (κ3) is 5.48. The first-order valence-electron chi connectivity index (χ1n) is 8.95. The van der Waals surface area contributed by atoms with E-state index in [9.17, 15) is 4.79 Å². The van der Waals surface area contributed by atoms with Gasteiger partial charge >= 0.3 is 0 Å². The summed E-state index contributed by atoms with van der Waals surface area (Å²) in [5.74, 6) is 0.910. The second kappa shape index (κ2) is 9.60. The number of ether oxygens (including phenoxy) is 1. The predicted molar refractivity (Wildman–Crippen MR) is 108 cm³/mol.